The summed E-state index contributed by atoms with van der Waals surface area (Å²) in [6, 6.07) is 1.61. The molecule has 3 heteroatoms. The molecule has 0 aliphatic rings. The first-order valence-electron chi connectivity index (χ1n) is 3.20. The second-order valence-electron chi connectivity index (χ2n) is 2.03. The minimum Gasteiger partial charge on any atom is -0.361 e. The number of carbonyl (C=O) groups excluding carboxylic acids is 1. The highest BCUT2D eigenvalue weighted by atomic mass is 16.5. The second-order valence-corrected chi connectivity index (χ2v) is 2.03. The van der Waals surface area contributed by atoms with Gasteiger partial charge in [0, 0.05) is 12.5 Å². The van der Waals surface area contributed by atoms with Crippen molar-refractivity contribution in [1.29, 1.82) is 0 Å². The van der Waals surface area contributed by atoms with Crippen molar-refractivity contribution in [3.8, 4) is 0 Å². The summed E-state index contributed by atoms with van der Waals surface area (Å²) in [5, 5.41) is 3.45. The van der Waals surface area contributed by atoms with Crippen LogP contribution in [-0.4, -0.2) is 11.4 Å². The molecule has 1 aromatic heterocycles. The maximum Gasteiger partial charge on any atom is 0.257 e. The van der Waals surface area contributed by atoms with Crippen LogP contribution in [0.1, 0.15) is 24.8 Å². The van der Waals surface area contributed by atoms with Crippen molar-refractivity contribution in [2.75, 3.05) is 0 Å². The average Bonchev–Trinajstić information content (AvgIpc) is 2.37. The second kappa shape index (κ2) is 3.15. The van der Waals surface area contributed by atoms with Crippen LogP contribution in [0.15, 0.2) is 10.6 Å². The van der Waals surface area contributed by atoms with Crippen LogP contribution in [0.25, 0.3) is 0 Å². The monoisotopic (exact) mass is 138 g/mol. The van der Waals surface area contributed by atoms with Gasteiger partial charge in [-0.15, -0.1) is 0 Å². The molecule has 3 nitrogen and oxygen atoms in total. The van der Waals surface area contributed by atoms with Crippen molar-refractivity contribution in [3.05, 3.63) is 17.5 Å². The first-order valence-corrected chi connectivity index (χ1v) is 3.20. The fourth-order valence-electron chi connectivity index (χ4n) is 0.725. The Morgan fingerprint density at radius 1 is 1.80 bits per heavy atom. The molecule has 0 saturated carbocycles. The number of hydrogen-bond donors (Lipinski definition) is 0. The molecule has 0 aliphatic heterocycles. The predicted molar refractivity (Wildman–Crippen MR) is 35.3 cm³/mol. The first kappa shape index (κ1) is 6.99. The molecule has 53 valence electrons. The van der Waals surface area contributed by atoms with E-state index in [1.54, 1.807) is 12.4 Å². The zero-order valence-corrected chi connectivity index (χ0v) is 5.76. The van der Waals surface area contributed by atoms with Gasteiger partial charge in [0.1, 0.15) is 5.76 Å². The van der Waals surface area contributed by atoms with E-state index in [9.17, 15) is 4.79 Å². The summed E-state index contributed by atoms with van der Waals surface area (Å²) in [6.07, 6.45) is 3.47. The van der Waals surface area contributed by atoms with Crippen LogP contribution in [-0.2, 0) is 11.2 Å². The Morgan fingerprint density at radius 3 is 3.10 bits per heavy atom. The molecule has 0 atom stereocenters. The van der Waals surface area contributed by atoms with Crippen LogP contribution < -0.4 is 0 Å². The van der Waals surface area contributed by atoms with Crippen LogP contribution in [0.2, 0.25) is 0 Å². The van der Waals surface area contributed by atoms with Crippen molar-refractivity contribution < 1.29 is 9.32 Å². The largest absolute Gasteiger partial charge is 0.361 e. The molecule has 1 heterocycles. The Bertz CT molecular complexity index is 217. The molecule has 0 amide bonds. The van der Waals surface area contributed by atoms with Crippen LogP contribution in [0, 0.1) is 0 Å². The first-order chi connectivity index (χ1) is 4.86. The lowest BCUT2D eigenvalue weighted by atomic mass is 10.2. The minimum atomic E-state index is 0.253. The number of rotatable bonds is 3. The van der Waals surface area contributed by atoms with Gasteiger partial charge in [0.05, 0.1) is 0 Å². The van der Waals surface area contributed by atoms with Gasteiger partial charge in [-0.25, -0.2) is 0 Å². The smallest absolute Gasteiger partial charge is 0.257 e. The molecule has 0 saturated heterocycles. The molecule has 0 N–H and O–H groups in total. The third kappa shape index (κ3) is 1.43. The van der Waals surface area contributed by atoms with E-state index in [0.717, 1.165) is 18.6 Å². The molecule has 1 rings (SSSR count). The summed E-state index contributed by atoms with van der Waals surface area (Å²) < 4.78 is 4.78. The van der Waals surface area contributed by atoms with Crippen molar-refractivity contribution in [1.82, 2.24) is 5.16 Å². The Labute approximate surface area is 59.0 Å². The predicted octanol–water partition coefficient (Wildman–Crippen LogP) is 1.08. The maximum absolute atomic E-state index is 9.98. The van der Waals surface area contributed by atoms with Crippen LogP contribution >= 0.6 is 0 Å². The van der Waals surface area contributed by atoms with E-state index < -0.39 is 0 Å². The fraction of sp³-hybridized carbons (Fsp3) is 0.429. The highest BCUT2D eigenvalue weighted by Crippen LogP contribution is 2.03. The molecule has 0 spiro atoms. The Kier molecular flexibility index (Phi) is 2.20. The molecule has 1 radical (unpaired) electrons. The number of nitrogens with zero attached hydrogens (tertiary/aromatic N) is 1. The lowest BCUT2D eigenvalue weighted by molar-refractivity contribution is 0.380. The maximum atomic E-state index is 9.98. The molecule has 1 aromatic rings. The topological polar surface area (TPSA) is 43.1 Å². The highest BCUT2D eigenvalue weighted by molar-refractivity contribution is 5.71. The fourth-order valence-corrected chi connectivity index (χ4v) is 0.725. The SMILES string of the molecule is CCCc1cc([C]=O)no1. The van der Waals surface area contributed by atoms with Crippen molar-refractivity contribution >= 4 is 6.29 Å². The zero-order valence-electron chi connectivity index (χ0n) is 5.76. The average molecular weight is 138 g/mol. The summed E-state index contributed by atoms with van der Waals surface area (Å²) >= 11 is 0. The summed E-state index contributed by atoms with van der Waals surface area (Å²) in [5.41, 5.74) is 0.253. The van der Waals surface area contributed by atoms with Crippen LogP contribution in [0.4, 0.5) is 0 Å². The molecule has 10 heavy (non-hydrogen) atoms. The standard InChI is InChI=1S/C7H8NO2/c1-2-3-7-4-6(5-9)8-10-7/h4H,2-3H2,1H3. The molecule has 0 aliphatic carbocycles. The van der Waals surface area contributed by atoms with E-state index in [4.69, 9.17) is 4.52 Å². The van der Waals surface area contributed by atoms with E-state index in [1.807, 2.05) is 6.92 Å². The quantitative estimate of drug-likeness (QED) is 0.627. The summed E-state index contributed by atoms with van der Waals surface area (Å²) in [5.74, 6) is 0.751. The van der Waals surface area contributed by atoms with Gasteiger partial charge in [0.25, 0.3) is 6.29 Å². The summed E-state index contributed by atoms with van der Waals surface area (Å²) in [7, 11) is 0. The third-order valence-corrected chi connectivity index (χ3v) is 1.16. The minimum absolute atomic E-state index is 0.253. The third-order valence-electron chi connectivity index (χ3n) is 1.16. The van der Waals surface area contributed by atoms with Gasteiger partial charge in [-0.1, -0.05) is 12.1 Å². The molecule has 0 aromatic carbocycles. The van der Waals surface area contributed by atoms with Crippen molar-refractivity contribution in [3.63, 3.8) is 0 Å². The number of aryl methyl sites for hydroxylation is 1. The molecular weight excluding hydrogens is 130 g/mol. The lowest BCUT2D eigenvalue weighted by Crippen LogP contribution is -1.76. The van der Waals surface area contributed by atoms with E-state index in [-0.39, 0.29) is 5.69 Å². The van der Waals surface area contributed by atoms with Gasteiger partial charge in [-0.2, -0.15) is 0 Å². The van der Waals surface area contributed by atoms with Gasteiger partial charge in [0.2, 0.25) is 0 Å². The number of aromatic nitrogens is 1. The summed E-state index contributed by atoms with van der Waals surface area (Å²) in [4.78, 5) is 9.98. The highest BCUT2D eigenvalue weighted by Gasteiger charge is 2.00. The van der Waals surface area contributed by atoms with Crippen LogP contribution in [0.3, 0.4) is 0 Å². The zero-order chi connectivity index (χ0) is 7.40. The Balaban J connectivity index is 2.68. The Hall–Kier alpha value is -1.12. The molecule has 0 fully saturated rings. The van der Waals surface area contributed by atoms with E-state index in [1.165, 1.54) is 0 Å². The normalized spacial score (nSPS) is 9.70. The molecule has 0 bridgehead atoms. The summed E-state index contributed by atoms with van der Waals surface area (Å²) in [6.45, 7) is 2.03. The van der Waals surface area contributed by atoms with Crippen molar-refractivity contribution in [2.45, 2.75) is 19.8 Å². The Morgan fingerprint density at radius 2 is 2.60 bits per heavy atom. The van der Waals surface area contributed by atoms with Gasteiger partial charge < -0.3 is 4.52 Å². The van der Waals surface area contributed by atoms with Gasteiger partial charge in [-0.05, 0) is 6.42 Å². The molecule has 0 unspecified atom stereocenters. The lowest BCUT2D eigenvalue weighted by Gasteiger charge is -1.83. The van der Waals surface area contributed by atoms with Gasteiger partial charge >= 0.3 is 0 Å². The van der Waals surface area contributed by atoms with Crippen LogP contribution in [0.5, 0.6) is 0 Å². The number of hydrogen-bond acceptors (Lipinski definition) is 3. The van der Waals surface area contributed by atoms with E-state index >= 15 is 0 Å². The van der Waals surface area contributed by atoms with Gasteiger partial charge in [0.15, 0.2) is 5.69 Å². The van der Waals surface area contributed by atoms with Gasteiger partial charge in [-0.3, -0.25) is 4.79 Å². The van der Waals surface area contributed by atoms with E-state index in [0.29, 0.717) is 0 Å². The molecular formula is C7H8NO2. The van der Waals surface area contributed by atoms with E-state index in [2.05, 4.69) is 5.16 Å². The van der Waals surface area contributed by atoms with Crippen molar-refractivity contribution in [2.24, 2.45) is 0 Å².